The van der Waals surface area contributed by atoms with Crippen molar-refractivity contribution in [2.24, 2.45) is 5.92 Å². The van der Waals surface area contributed by atoms with Crippen molar-refractivity contribution < 1.29 is 29.1 Å². The Bertz CT molecular complexity index is 2750. The van der Waals surface area contributed by atoms with E-state index in [1.54, 1.807) is 41.8 Å². The topological polar surface area (TPSA) is 208 Å². The van der Waals surface area contributed by atoms with Crippen LogP contribution in [0.25, 0.3) is 32.8 Å². The Morgan fingerprint density at radius 1 is 0.969 bits per heavy atom. The molecule has 8 rings (SSSR count). The van der Waals surface area contributed by atoms with Gasteiger partial charge in [-0.1, -0.05) is 74.5 Å². The number of aliphatic hydroxyl groups excluding tert-OH is 1. The van der Waals surface area contributed by atoms with Gasteiger partial charge in [0.2, 0.25) is 11.8 Å². The number of benzene rings is 3. The number of rotatable bonds is 16. The number of nitrogens with zero attached hydrogens (tertiary/aromatic N) is 7. The van der Waals surface area contributed by atoms with Gasteiger partial charge in [-0.05, 0) is 85.1 Å². The highest BCUT2D eigenvalue weighted by Crippen LogP contribution is 2.35. The molecule has 4 aromatic heterocycles. The van der Waals surface area contributed by atoms with Crippen LogP contribution in [-0.4, -0.2) is 82.3 Å². The van der Waals surface area contributed by atoms with Crippen LogP contribution < -0.4 is 15.8 Å². The highest BCUT2D eigenvalue weighted by molar-refractivity contribution is 7.13. The van der Waals surface area contributed by atoms with E-state index in [0.717, 1.165) is 44.8 Å². The van der Waals surface area contributed by atoms with Crippen LogP contribution in [0, 0.1) is 12.8 Å². The summed E-state index contributed by atoms with van der Waals surface area (Å²) in [5.74, 6) is -0.548. The second kappa shape index (κ2) is 19.5. The van der Waals surface area contributed by atoms with Crippen LogP contribution in [0.2, 0.25) is 0 Å². The van der Waals surface area contributed by atoms with E-state index < -0.39 is 18.1 Å². The summed E-state index contributed by atoms with van der Waals surface area (Å²) < 4.78 is 13.5. The predicted molar refractivity (Wildman–Crippen MR) is 248 cm³/mol. The number of ether oxygens (including phenoxy) is 1. The molecule has 5 heterocycles. The van der Waals surface area contributed by atoms with Gasteiger partial charge >= 0.3 is 0 Å². The molecule has 3 aromatic carbocycles. The van der Waals surface area contributed by atoms with Gasteiger partial charge < -0.3 is 35.4 Å². The molecule has 5 atom stereocenters. The molecule has 16 heteroatoms. The van der Waals surface area contributed by atoms with Crippen molar-refractivity contribution >= 4 is 29.0 Å². The maximum absolute atomic E-state index is 14.2. The number of aliphatic hydroxyl groups is 1. The third kappa shape index (κ3) is 9.93. The van der Waals surface area contributed by atoms with Gasteiger partial charge in [-0.15, -0.1) is 21.5 Å². The van der Waals surface area contributed by atoms with Crippen molar-refractivity contribution in [3.05, 3.63) is 131 Å². The first kappa shape index (κ1) is 44.7. The number of hydrogen-bond donors (Lipinski definition) is 4. The van der Waals surface area contributed by atoms with Crippen molar-refractivity contribution in [3.63, 3.8) is 0 Å². The Morgan fingerprint density at radius 2 is 1.72 bits per heavy atom. The fraction of sp³-hybridized carbons (Fsp3) is 0.327. The summed E-state index contributed by atoms with van der Waals surface area (Å²) in [5.41, 5.74) is 15.8. The number of para-hydroxylation sites is 1. The first-order chi connectivity index (χ1) is 31.3. The van der Waals surface area contributed by atoms with Gasteiger partial charge in [0.1, 0.15) is 17.7 Å². The summed E-state index contributed by atoms with van der Waals surface area (Å²) in [5, 5.41) is 41.1. The standard InChI is InChI=1S/C49H53N9O6S/c1-28(2)45(49(62)57-26-37(59)21-41(57)48(61)53-29(3)33-16-18-35(19-17-33)46-30(4)51-27-65-46)43-23-44(56-64-43)63-20-8-9-32-12-14-34(15-13-32)31(5)58-25-36(24-52-58)39-22-40(54-55-47(39)50)38-10-6-7-11-42(38)60/h6-7,10-19,22-25,27-29,31,37,41,45,59-60H,8-9,20-21,26H2,1-5H3,(H2,50,55)(H,53,61)/t29-,31?,37+,41-,45+/m0/s1. The number of phenols is 1. The zero-order valence-electron chi connectivity index (χ0n) is 37.0. The van der Waals surface area contributed by atoms with E-state index in [9.17, 15) is 19.8 Å². The number of aromatic hydroxyl groups is 1. The average Bonchev–Trinajstić information content (AvgIpc) is 4.14. The van der Waals surface area contributed by atoms with Crippen molar-refractivity contribution in [2.45, 2.75) is 84.0 Å². The van der Waals surface area contributed by atoms with Gasteiger partial charge in [-0.2, -0.15) is 5.10 Å². The zero-order valence-corrected chi connectivity index (χ0v) is 37.8. The largest absolute Gasteiger partial charge is 0.507 e. The molecule has 7 aromatic rings. The van der Waals surface area contributed by atoms with Gasteiger partial charge in [0.05, 0.1) is 52.8 Å². The monoisotopic (exact) mass is 895 g/mol. The van der Waals surface area contributed by atoms with E-state index in [2.05, 4.69) is 61.9 Å². The molecule has 0 aliphatic carbocycles. The number of aromatic nitrogens is 6. The molecular weight excluding hydrogens is 843 g/mol. The third-order valence-corrected chi connectivity index (χ3v) is 13.0. The average molecular weight is 896 g/mol. The molecule has 0 bridgehead atoms. The zero-order chi connectivity index (χ0) is 45.8. The minimum Gasteiger partial charge on any atom is -0.507 e. The minimum absolute atomic E-state index is 0.0440. The molecule has 15 nitrogen and oxygen atoms in total. The number of carbonyl (C=O) groups excluding carboxylic acids is 2. The first-order valence-electron chi connectivity index (χ1n) is 21.8. The summed E-state index contributed by atoms with van der Waals surface area (Å²) >= 11 is 1.59. The van der Waals surface area contributed by atoms with E-state index >= 15 is 0 Å². The van der Waals surface area contributed by atoms with Crippen LogP contribution in [-0.2, 0) is 16.0 Å². The van der Waals surface area contributed by atoms with E-state index in [-0.39, 0.29) is 60.2 Å². The van der Waals surface area contributed by atoms with Crippen LogP contribution in [0.15, 0.2) is 107 Å². The van der Waals surface area contributed by atoms with Crippen molar-refractivity contribution in [3.8, 4) is 44.5 Å². The quantitative estimate of drug-likeness (QED) is 0.0683. The van der Waals surface area contributed by atoms with Crippen LogP contribution in [0.3, 0.4) is 0 Å². The number of thiazole rings is 1. The highest BCUT2D eigenvalue weighted by atomic mass is 32.1. The second-order valence-corrected chi connectivity index (χ2v) is 17.8. The van der Waals surface area contributed by atoms with Crippen LogP contribution in [0.1, 0.15) is 86.7 Å². The summed E-state index contributed by atoms with van der Waals surface area (Å²) in [4.78, 5) is 34.8. The molecule has 1 aliphatic rings. The van der Waals surface area contributed by atoms with Gasteiger partial charge in [0.15, 0.2) is 11.6 Å². The van der Waals surface area contributed by atoms with E-state index in [0.29, 0.717) is 35.6 Å². The number of nitrogen functional groups attached to an aromatic ring is 1. The van der Waals surface area contributed by atoms with Gasteiger partial charge in [-0.3, -0.25) is 14.3 Å². The number of hydrogen-bond acceptors (Lipinski definition) is 13. The molecule has 2 amide bonds. The maximum Gasteiger partial charge on any atom is 0.254 e. The molecule has 5 N–H and O–H groups in total. The molecule has 0 spiro atoms. The number of β-amino-alcohol motifs (C(OH)–C–C–N with tert-alkyl or cyclic N) is 1. The molecular formula is C49H53N9O6S. The number of anilines is 1. The van der Waals surface area contributed by atoms with Gasteiger partial charge in [-0.25, -0.2) is 4.98 Å². The summed E-state index contributed by atoms with van der Waals surface area (Å²) in [6.07, 6.45) is 4.46. The van der Waals surface area contributed by atoms with Crippen molar-refractivity contribution in [1.82, 2.24) is 40.3 Å². The molecule has 65 heavy (non-hydrogen) atoms. The summed E-state index contributed by atoms with van der Waals surface area (Å²) in [6, 6.07) is 25.6. The smallest absolute Gasteiger partial charge is 0.254 e. The van der Waals surface area contributed by atoms with E-state index in [4.69, 9.17) is 15.0 Å². The van der Waals surface area contributed by atoms with E-state index in [1.165, 1.54) is 4.90 Å². The fourth-order valence-electron chi connectivity index (χ4n) is 8.31. The molecule has 1 fully saturated rings. The number of phenolic OH excluding ortho intramolecular Hbond substituents is 1. The molecule has 1 unspecified atom stereocenters. The molecule has 0 saturated carbocycles. The lowest BCUT2D eigenvalue weighted by Gasteiger charge is -2.29. The first-order valence-corrected chi connectivity index (χ1v) is 22.7. The Hall–Kier alpha value is -6.91. The molecule has 1 aliphatic heterocycles. The van der Waals surface area contributed by atoms with Crippen molar-refractivity contribution in [2.75, 3.05) is 18.9 Å². The lowest BCUT2D eigenvalue weighted by atomic mass is 9.91. The number of nitrogens with two attached hydrogens (primary N) is 1. The number of carbonyl (C=O) groups is 2. The summed E-state index contributed by atoms with van der Waals surface area (Å²) in [7, 11) is 0. The lowest BCUT2D eigenvalue weighted by Crippen LogP contribution is -2.48. The number of likely N-dealkylation sites (tertiary alicyclic amines) is 1. The third-order valence-electron chi connectivity index (χ3n) is 12.0. The van der Waals surface area contributed by atoms with E-state index in [1.807, 2.05) is 80.5 Å². The van der Waals surface area contributed by atoms with Gasteiger partial charge in [0.25, 0.3) is 5.88 Å². The Labute approximate surface area is 381 Å². The summed E-state index contributed by atoms with van der Waals surface area (Å²) in [6.45, 7) is 10.2. The maximum atomic E-state index is 14.2. The Morgan fingerprint density at radius 3 is 2.45 bits per heavy atom. The normalized spacial score (nSPS) is 16.4. The molecule has 0 radical (unpaired) electrons. The number of nitrogens with one attached hydrogen (secondary N) is 1. The highest BCUT2D eigenvalue weighted by Gasteiger charge is 2.43. The number of amides is 2. The molecule has 1 saturated heterocycles. The Balaban J connectivity index is 0.832. The fourth-order valence-corrected chi connectivity index (χ4v) is 9.13. The SMILES string of the molecule is Cc1ncsc1-c1ccc([C@H](C)NC(=O)[C@@H]2C[C@@H](O)CN2C(=O)[C@@H](c2cc(OCCCc3ccc(C(C)n4cc(-c5cc(-c6ccccc6O)nnc5N)cn4)cc3)no2)C(C)C)cc1. The van der Waals surface area contributed by atoms with Crippen LogP contribution >= 0.6 is 11.3 Å². The van der Waals surface area contributed by atoms with Crippen LogP contribution in [0.4, 0.5) is 5.82 Å². The van der Waals surface area contributed by atoms with Crippen LogP contribution in [0.5, 0.6) is 11.6 Å². The predicted octanol–water partition coefficient (Wildman–Crippen LogP) is 7.91. The number of aryl methyl sites for hydroxylation is 2. The van der Waals surface area contributed by atoms with Crippen molar-refractivity contribution in [1.29, 1.82) is 0 Å². The lowest BCUT2D eigenvalue weighted by molar-refractivity contribution is -0.141. The second-order valence-electron chi connectivity index (χ2n) is 16.9. The van der Waals surface area contributed by atoms with Gasteiger partial charge in [0, 0.05) is 41.9 Å². The Kier molecular flexibility index (Phi) is 13.4. The minimum atomic E-state index is -0.836. The molecule has 336 valence electrons.